The molecule has 0 radical (unpaired) electrons. The molecular weight excluding hydrogens is 484 g/mol. The van der Waals surface area contributed by atoms with Gasteiger partial charge >= 0.3 is 0 Å². The number of amides is 1. The predicted molar refractivity (Wildman–Crippen MR) is 141 cm³/mol. The van der Waals surface area contributed by atoms with Gasteiger partial charge in [-0.2, -0.15) is 11.8 Å². The average Bonchev–Trinajstić information content (AvgIpc) is 2.88. The lowest BCUT2D eigenvalue weighted by molar-refractivity contribution is -0.119. The first kappa shape index (κ1) is 26.4. The van der Waals surface area contributed by atoms with Crippen molar-refractivity contribution in [3.8, 4) is 11.5 Å². The van der Waals surface area contributed by atoms with Crippen LogP contribution in [-0.4, -0.2) is 47.4 Å². The van der Waals surface area contributed by atoms with Crippen molar-refractivity contribution in [3.63, 3.8) is 0 Å². The van der Waals surface area contributed by atoms with Gasteiger partial charge in [0.15, 0.2) is 0 Å². The lowest BCUT2D eigenvalue weighted by atomic mass is 10.2. The molecule has 0 spiro atoms. The quantitative estimate of drug-likeness (QED) is 0.364. The van der Waals surface area contributed by atoms with Gasteiger partial charge in [-0.3, -0.25) is 9.10 Å². The molecule has 186 valence electrons. The van der Waals surface area contributed by atoms with Crippen LogP contribution in [0.1, 0.15) is 11.1 Å². The summed E-state index contributed by atoms with van der Waals surface area (Å²) < 4.78 is 38.7. The minimum Gasteiger partial charge on any atom is -0.497 e. The van der Waals surface area contributed by atoms with Gasteiger partial charge in [0, 0.05) is 18.1 Å². The van der Waals surface area contributed by atoms with Crippen LogP contribution in [-0.2, 0) is 20.6 Å². The second kappa shape index (κ2) is 12.5. The summed E-state index contributed by atoms with van der Waals surface area (Å²) in [7, 11) is -1.08. The fourth-order valence-electron chi connectivity index (χ4n) is 3.33. The lowest BCUT2D eigenvalue weighted by Gasteiger charge is -2.25. The van der Waals surface area contributed by atoms with Crippen molar-refractivity contribution in [2.24, 2.45) is 0 Å². The fourth-order valence-corrected chi connectivity index (χ4v) is 5.58. The molecule has 3 rings (SSSR count). The second-order valence-electron chi connectivity index (χ2n) is 7.75. The molecule has 1 N–H and O–H groups in total. The Morgan fingerprint density at radius 2 is 1.63 bits per heavy atom. The summed E-state index contributed by atoms with van der Waals surface area (Å²) in [6.45, 7) is 2.10. The van der Waals surface area contributed by atoms with E-state index >= 15 is 0 Å². The number of carbonyl (C=O) groups is 1. The number of nitrogens with one attached hydrogen (secondary N) is 1. The van der Waals surface area contributed by atoms with Crippen molar-refractivity contribution in [1.82, 2.24) is 5.32 Å². The van der Waals surface area contributed by atoms with Gasteiger partial charge < -0.3 is 14.8 Å². The van der Waals surface area contributed by atoms with E-state index in [9.17, 15) is 13.2 Å². The molecule has 0 unspecified atom stereocenters. The summed E-state index contributed by atoms with van der Waals surface area (Å²) in [6, 6.07) is 21.1. The van der Waals surface area contributed by atoms with Gasteiger partial charge in [0.25, 0.3) is 10.0 Å². The molecule has 9 heteroatoms. The van der Waals surface area contributed by atoms with Crippen LogP contribution < -0.4 is 19.1 Å². The van der Waals surface area contributed by atoms with E-state index in [4.69, 9.17) is 9.47 Å². The number of carbonyl (C=O) groups excluding carboxylic acids is 1. The monoisotopic (exact) mass is 514 g/mol. The number of benzene rings is 3. The number of para-hydroxylation sites is 2. The van der Waals surface area contributed by atoms with Gasteiger partial charge in [-0.05, 0) is 48.9 Å². The van der Waals surface area contributed by atoms with Crippen LogP contribution >= 0.6 is 11.8 Å². The molecule has 0 atom stereocenters. The number of thioether (sulfide) groups is 1. The first-order chi connectivity index (χ1) is 16.8. The SMILES string of the molecule is COc1ccc(S(=O)(=O)N(CC(=O)NCCSCc2ccc(C)cc2)c2ccccc2OC)cc1. The minimum absolute atomic E-state index is 0.0469. The number of anilines is 1. The van der Waals surface area contributed by atoms with Crippen LogP contribution in [0.2, 0.25) is 0 Å². The number of sulfonamides is 1. The Morgan fingerprint density at radius 1 is 0.943 bits per heavy atom. The van der Waals surface area contributed by atoms with Gasteiger partial charge in [0.05, 0.1) is 24.8 Å². The summed E-state index contributed by atoms with van der Waals surface area (Å²) >= 11 is 1.70. The van der Waals surface area contributed by atoms with Crippen molar-refractivity contribution in [2.45, 2.75) is 17.6 Å². The number of methoxy groups -OCH3 is 2. The number of rotatable bonds is 12. The third-order valence-electron chi connectivity index (χ3n) is 5.25. The van der Waals surface area contributed by atoms with Crippen molar-refractivity contribution in [3.05, 3.63) is 83.9 Å². The average molecular weight is 515 g/mol. The van der Waals surface area contributed by atoms with E-state index in [0.29, 0.717) is 23.8 Å². The number of nitrogens with zero attached hydrogens (tertiary/aromatic N) is 1. The normalized spacial score (nSPS) is 11.1. The Kier molecular flexibility index (Phi) is 9.45. The molecule has 3 aromatic rings. The summed E-state index contributed by atoms with van der Waals surface area (Å²) in [5, 5.41) is 2.83. The molecular formula is C26H30N2O5S2. The fraction of sp³-hybridized carbons (Fsp3) is 0.269. The Balaban J connectivity index is 1.69. The van der Waals surface area contributed by atoms with Crippen LogP contribution in [0.3, 0.4) is 0 Å². The molecule has 0 fully saturated rings. The van der Waals surface area contributed by atoms with Gasteiger partial charge in [0.1, 0.15) is 18.0 Å². The standard InChI is InChI=1S/C26H30N2O5S2/c1-20-8-10-21(11-9-20)19-34-17-16-27-26(29)18-28(24-6-4-5-7-25(24)33-3)35(30,31)23-14-12-22(32-2)13-15-23/h4-15H,16-19H2,1-3H3,(H,27,29). The molecule has 0 aliphatic carbocycles. The molecule has 7 nitrogen and oxygen atoms in total. The van der Waals surface area contributed by atoms with Crippen LogP contribution in [0.25, 0.3) is 0 Å². The maximum absolute atomic E-state index is 13.5. The Labute approximate surface area is 211 Å². The first-order valence-corrected chi connectivity index (χ1v) is 13.6. The molecule has 35 heavy (non-hydrogen) atoms. The van der Waals surface area contributed by atoms with Crippen molar-refractivity contribution in [2.75, 3.05) is 37.4 Å². The van der Waals surface area contributed by atoms with Gasteiger partial charge in [-0.25, -0.2) is 8.42 Å². The molecule has 0 aliphatic heterocycles. The largest absolute Gasteiger partial charge is 0.497 e. The van der Waals surface area contributed by atoms with E-state index in [-0.39, 0.29) is 17.1 Å². The Morgan fingerprint density at radius 3 is 2.29 bits per heavy atom. The van der Waals surface area contributed by atoms with E-state index in [1.807, 2.05) is 0 Å². The number of aryl methyl sites for hydroxylation is 1. The molecule has 0 heterocycles. The molecule has 0 saturated heterocycles. The zero-order valence-corrected chi connectivity index (χ0v) is 21.7. The highest BCUT2D eigenvalue weighted by atomic mass is 32.2. The molecule has 0 aliphatic rings. The van der Waals surface area contributed by atoms with Gasteiger partial charge in [-0.15, -0.1) is 0 Å². The molecule has 0 bridgehead atoms. The number of hydrogen-bond acceptors (Lipinski definition) is 6. The smallest absolute Gasteiger partial charge is 0.264 e. The number of hydrogen-bond donors (Lipinski definition) is 1. The lowest BCUT2D eigenvalue weighted by Crippen LogP contribution is -2.41. The molecule has 3 aromatic carbocycles. The van der Waals surface area contributed by atoms with Crippen LogP contribution in [0.5, 0.6) is 11.5 Å². The summed E-state index contributed by atoms with van der Waals surface area (Å²) in [4.78, 5) is 12.8. The third kappa shape index (κ3) is 7.16. The zero-order chi connectivity index (χ0) is 25.3. The minimum atomic E-state index is -4.05. The number of ether oxygens (including phenoxy) is 2. The van der Waals surface area contributed by atoms with E-state index in [0.717, 1.165) is 10.1 Å². The highest BCUT2D eigenvalue weighted by Crippen LogP contribution is 2.32. The van der Waals surface area contributed by atoms with Crippen LogP contribution in [0.4, 0.5) is 5.69 Å². The third-order valence-corrected chi connectivity index (χ3v) is 8.05. The summed E-state index contributed by atoms with van der Waals surface area (Å²) in [5.41, 5.74) is 2.73. The molecule has 1 amide bonds. The highest BCUT2D eigenvalue weighted by molar-refractivity contribution is 7.98. The van der Waals surface area contributed by atoms with E-state index in [2.05, 4.69) is 36.5 Å². The van der Waals surface area contributed by atoms with Crippen molar-refractivity contribution < 1.29 is 22.7 Å². The first-order valence-electron chi connectivity index (χ1n) is 11.0. The van der Waals surface area contributed by atoms with Crippen LogP contribution in [0, 0.1) is 6.92 Å². The maximum atomic E-state index is 13.5. The molecule has 0 saturated carbocycles. The molecule has 0 aromatic heterocycles. The van der Waals surface area contributed by atoms with E-state index in [1.54, 1.807) is 48.2 Å². The van der Waals surface area contributed by atoms with Crippen molar-refractivity contribution in [1.29, 1.82) is 0 Å². The Bertz CT molecular complexity index is 1210. The maximum Gasteiger partial charge on any atom is 0.264 e. The van der Waals surface area contributed by atoms with E-state index in [1.165, 1.54) is 37.5 Å². The highest BCUT2D eigenvalue weighted by Gasteiger charge is 2.29. The second-order valence-corrected chi connectivity index (χ2v) is 10.7. The topological polar surface area (TPSA) is 84.9 Å². The van der Waals surface area contributed by atoms with Crippen molar-refractivity contribution >= 4 is 33.4 Å². The van der Waals surface area contributed by atoms with E-state index < -0.39 is 15.9 Å². The van der Waals surface area contributed by atoms with Gasteiger partial charge in [-0.1, -0.05) is 42.0 Å². The zero-order valence-electron chi connectivity index (χ0n) is 20.1. The summed E-state index contributed by atoms with van der Waals surface area (Å²) in [6.07, 6.45) is 0. The van der Waals surface area contributed by atoms with Crippen LogP contribution in [0.15, 0.2) is 77.7 Å². The summed E-state index contributed by atoms with van der Waals surface area (Å²) in [5.74, 6) is 2.04. The Hall–Kier alpha value is -3.17. The van der Waals surface area contributed by atoms with Gasteiger partial charge in [0.2, 0.25) is 5.91 Å². The predicted octanol–water partition coefficient (Wildman–Crippen LogP) is 4.26.